The van der Waals surface area contributed by atoms with Crippen molar-refractivity contribution >= 4 is 40.5 Å². The van der Waals surface area contributed by atoms with Crippen molar-refractivity contribution in [3.05, 3.63) is 0 Å². The number of hydrogen-bond acceptors (Lipinski definition) is 8. The Balaban J connectivity index is 1.51. The van der Waals surface area contributed by atoms with Crippen molar-refractivity contribution in [3.8, 4) is 6.07 Å². The smallest absolute Gasteiger partial charge is 0.344 e. The maximum atomic E-state index is 12.1. The fraction of sp³-hybridized carbons (Fsp3) is 0.765. The van der Waals surface area contributed by atoms with Crippen molar-refractivity contribution in [1.82, 2.24) is 5.32 Å². The van der Waals surface area contributed by atoms with Crippen LogP contribution < -0.4 is 5.32 Å². The molecule has 7 atom stereocenters. The molecule has 0 aromatic carbocycles. The van der Waals surface area contributed by atoms with Crippen molar-refractivity contribution in [3.63, 3.8) is 0 Å². The summed E-state index contributed by atoms with van der Waals surface area (Å²) in [5.74, 6) is -1.94. The molecule has 0 spiro atoms. The molecule has 3 fully saturated rings. The lowest BCUT2D eigenvalue weighted by molar-refractivity contribution is -0.169. The number of fused-ring (bicyclic) bond motifs is 1. The zero-order chi connectivity index (χ0) is 19.1. The van der Waals surface area contributed by atoms with E-state index in [1.165, 1.54) is 0 Å². The number of hydrogen-bond donors (Lipinski definition) is 1. The molecule has 26 heavy (non-hydrogen) atoms. The maximum absolute atomic E-state index is 12.1. The van der Waals surface area contributed by atoms with Crippen molar-refractivity contribution in [2.45, 2.75) is 48.9 Å². The van der Waals surface area contributed by atoms with Crippen LogP contribution in [0.5, 0.6) is 0 Å². The largest absolute Gasteiger partial charge is 0.457 e. The lowest BCUT2D eigenvalue weighted by atomic mass is 9.75. The fourth-order valence-corrected chi connectivity index (χ4v) is 4.75. The van der Waals surface area contributed by atoms with E-state index in [1.807, 2.05) is 36.4 Å². The highest BCUT2D eigenvalue weighted by molar-refractivity contribution is 14.1. The van der Waals surface area contributed by atoms with Crippen LogP contribution in [0.4, 0.5) is 0 Å². The monoisotopic (exact) mass is 476 g/mol. The van der Waals surface area contributed by atoms with Crippen LogP contribution in [-0.2, 0) is 28.6 Å². The van der Waals surface area contributed by atoms with Crippen molar-refractivity contribution in [2.75, 3.05) is 13.2 Å². The predicted octanol–water partition coefficient (Wildman–Crippen LogP) is 0.718. The van der Waals surface area contributed by atoms with Gasteiger partial charge in [-0.05, 0) is 26.3 Å². The van der Waals surface area contributed by atoms with Crippen LogP contribution >= 0.6 is 22.6 Å². The highest BCUT2D eigenvalue weighted by atomic mass is 127. The molecule has 3 rings (SSSR count). The minimum Gasteiger partial charge on any atom is -0.457 e. The predicted molar refractivity (Wildman–Crippen MR) is 95.9 cm³/mol. The summed E-state index contributed by atoms with van der Waals surface area (Å²) in [6.45, 7) is 4.06. The van der Waals surface area contributed by atoms with Gasteiger partial charge in [-0.25, -0.2) is 4.79 Å². The van der Waals surface area contributed by atoms with Gasteiger partial charge >= 0.3 is 17.9 Å². The summed E-state index contributed by atoms with van der Waals surface area (Å²) in [6.07, 6.45) is -0.128. The molecule has 0 radical (unpaired) electrons. The Bertz CT molecular complexity index is 664. The van der Waals surface area contributed by atoms with E-state index in [0.717, 1.165) is 6.54 Å². The van der Waals surface area contributed by atoms with Crippen LogP contribution in [0.3, 0.4) is 0 Å². The molecule has 1 heterocycles. The summed E-state index contributed by atoms with van der Waals surface area (Å²) < 4.78 is 15.4. The van der Waals surface area contributed by atoms with Gasteiger partial charge in [-0.2, -0.15) is 5.26 Å². The van der Waals surface area contributed by atoms with Gasteiger partial charge in [-0.3, -0.25) is 9.59 Å². The Hall–Kier alpha value is -1.41. The number of nitrogens with one attached hydrogen (secondary N) is 1. The summed E-state index contributed by atoms with van der Waals surface area (Å²) in [4.78, 5) is 36.1. The van der Waals surface area contributed by atoms with Gasteiger partial charge in [0, 0.05) is 17.9 Å². The molecule has 2 aliphatic carbocycles. The summed E-state index contributed by atoms with van der Waals surface area (Å²) in [6, 6.07) is 2.03. The number of ether oxygens (including phenoxy) is 3. The van der Waals surface area contributed by atoms with E-state index >= 15 is 0 Å². The van der Waals surface area contributed by atoms with Gasteiger partial charge in [0.05, 0.1) is 6.07 Å². The first-order chi connectivity index (χ1) is 12.3. The number of nitrogens with zero attached hydrogens (tertiary/aromatic N) is 1. The first-order valence-electron chi connectivity index (χ1n) is 8.70. The third-order valence-electron chi connectivity index (χ3n) is 5.56. The van der Waals surface area contributed by atoms with Gasteiger partial charge in [-0.15, -0.1) is 0 Å². The molecular weight excluding hydrogens is 455 g/mol. The zero-order valence-electron chi connectivity index (χ0n) is 14.6. The maximum Gasteiger partial charge on any atom is 0.344 e. The van der Waals surface area contributed by atoms with Crippen molar-refractivity contribution < 1.29 is 28.6 Å². The van der Waals surface area contributed by atoms with Crippen LogP contribution in [-0.4, -0.2) is 53.2 Å². The molecule has 2 saturated carbocycles. The minimum absolute atomic E-state index is 0.0677. The van der Waals surface area contributed by atoms with Gasteiger partial charge in [0.1, 0.15) is 16.1 Å². The summed E-state index contributed by atoms with van der Waals surface area (Å²) in [5.41, 5.74) is -1.07. The average molecular weight is 476 g/mol. The number of halogens is 1. The number of rotatable bonds is 7. The number of carbonyl (C=O) groups excluding carboxylic acids is 3. The van der Waals surface area contributed by atoms with E-state index in [-0.39, 0.29) is 17.9 Å². The Morgan fingerprint density at radius 2 is 2.27 bits per heavy atom. The normalized spacial score (nSPS) is 36.2. The molecule has 2 bridgehead atoms. The van der Waals surface area contributed by atoms with Crippen LogP contribution in [0.1, 0.15) is 26.7 Å². The SMILES string of the molecule is CCNC(C)C(I)C(=O)OCC(=O)OC1C2CC3C1OC(=O)C3(C#N)C2. The van der Waals surface area contributed by atoms with E-state index in [2.05, 4.69) is 11.4 Å². The van der Waals surface area contributed by atoms with Crippen molar-refractivity contribution in [1.29, 1.82) is 5.26 Å². The Kier molecular flexibility index (Phi) is 5.44. The van der Waals surface area contributed by atoms with Crippen LogP contribution in [0.25, 0.3) is 0 Å². The van der Waals surface area contributed by atoms with E-state index < -0.39 is 46.1 Å². The molecule has 9 heteroatoms. The third kappa shape index (κ3) is 3.07. The fourth-order valence-electron chi connectivity index (χ4n) is 4.31. The average Bonchev–Trinajstić information content (AvgIpc) is 3.21. The molecule has 0 amide bonds. The lowest BCUT2D eigenvalue weighted by Crippen LogP contribution is -2.41. The number of esters is 3. The standard InChI is InChI=1S/C17H21IN2O6/c1-3-20-8(2)12(18)15(22)24-6-11(21)25-13-9-4-10-14(13)26-16(23)17(10,5-9)7-19/h8-10,12-14,20H,3-6H2,1-2H3. The highest BCUT2D eigenvalue weighted by Crippen LogP contribution is 2.62. The molecule has 1 aliphatic heterocycles. The van der Waals surface area contributed by atoms with Crippen LogP contribution in [0, 0.1) is 28.6 Å². The minimum atomic E-state index is -1.07. The van der Waals surface area contributed by atoms with E-state index in [9.17, 15) is 19.6 Å². The summed E-state index contributed by atoms with van der Waals surface area (Å²) in [7, 11) is 0. The van der Waals surface area contributed by atoms with Crippen LogP contribution in [0.2, 0.25) is 0 Å². The van der Waals surface area contributed by atoms with Gasteiger partial charge < -0.3 is 19.5 Å². The van der Waals surface area contributed by atoms with Gasteiger partial charge in [-0.1, -0.05) is 29.5 Å². The molecule has 3 aliphatic rings. The second-order valence-corrected chi connectivity index (χ2v) is 8.41. The molecule has 142 valence electrons. The quantitative estimate of drug-likeness (QED) is 0.248. The molecule has 8 nitrogen and oxygen atoms in total. The molecule has 1 saturated heterocycles. The summed E-state index contributed by atoms with van der Waals surface area (Å²) in [5, 5.41) is 12.5. The van der Waals surface area contributed by atoms with Gasteiger partial charge in [0.2, 0.25) is 0 Å². The number of alkyl halides is 1. The molecule has 1 N–H and O–H groups in total. The van der Waals surface area contributed by atoms with E-state index in [1.54, 1.807) is 0 Å². The van der Waals surface area contributed by atoms with Crippen LogP contribution in [0.15, 0.2) is 0 Å². The molecule has 0 aromatic heterocycles. The topological polar surface area (TPSA) is 115 Å². The third-order valence-corrected chi connectivity index (χ3v) is 7.14. The Morgan fingerprint density at radius 1 is 1.54 bits per heavy atom. The van der Waals surface area contributed by atoms with Crippen molar-refractivity contribution in [2.24, 2.45) is 17.3 Å². The molecular formula is C17H21IN2O6. The number of nitriles is 1. The zero-order valence-corrected chi connectivity index (χ0v) is 16.7. The van der Waals surface area contributed by atoms with E-state index in [4.69, 9.17) is 14.2 Å². The first-order valence-corrected chi connectivity index (χ1v) is 9.94. The van der Waals surface area contributed by atoms with Gasteiger partial charge in [0.25, 0.3) is 0 Å². The highest BCUT2D eigenvalue weighted by Gasteiger charge is 2.72. The second kappa shape index (κ2) is 7.31. The molecule has 0 aromatic rings. The molecule has 7 unspecified atom stereocenters. The van der Waals surface area contributed by atoms with E-state index in [0.29, 0.717) is 12.8 Å². The second-order valence-electron chi connectivity index (χ2n) is 7.07. The Labute approximate surface area is 165 Å². The van der Waals surface area contributed by atoms with Gasteiger partial charge in [0.15, 0.2) is 12.0 Å². The first kappa shape index (κ1) is 19.4. The lowest BCUT2D eigenvalue weighted by Gasteiger charge is -2.27. The number of carbonyl (C=O) groups is 3. The summed E-state index contributed by atoms with van der Waals surface area (Å²) >= 11 is 1.97. The Morgan fingerprint density at radius 3 is 2.92 bits per heavy atom.